The van der Waals surface area contributed by atoms with E-state index in [1.54, 1.807) is 0 Å². The Balaban J connectivity index is 1.46. The fourth-order valence-corrected chi connectivity index (χ4v) is 4.79. The average molecular weight is 457 g/mol. The molecule has 0 bridgehead atoms. The molecule has 0 saturated carbocycles. The second-order valence-electron chi connectivity index (χ2n) is 10.3. The minimum absolute atomic E-state index is 0.358. The fraction of sp³-hybridized carbons (Fsp3) is 0.194. The van der Waals surface area contributed by atoms with Gasteiger partial charge < -0.3 is 9.31 Å². The van der Waals surface area contributed by atoms with Gasteiger partial charge in [0.1, 0.15) is 0 Å². The molecular formula is C31H28BNO2. The van der Waals surface area contributed by atoms with Crippen molar-refractivity contribution < 1.29 is 9.31 Å². The van der Waals surface area contributed by atoms with E-state index in [4.69, 9.17) is 14.3 Å². The molecule has 0 N–H and O–H groups in total. The molecule has 0 aliphatic carbocycles. The lowest BCUT2D eigenvalue weighted by Gasteiger charge is -2.32. The van der Waals surface area contributed by atoms with E-state index in [1.165, 1.54) is 27.3 Å². The van der Waals surface area contributed by atoms with Crippen LogP contribution in [0, 0.1) is 0 Å². The van der Waals surface area contributed by atoms with Crippen LogP contribution < -0.4 is 5.46 Å². The first kappa shape index (κ1) is 22.0. The summed E-state index contributed by atoms with van der Waals surface area (Å²) >= 11 is 0. The van der Waals surface area contributed by atoms with Gasteiger partial charge in [0.2, 0.25) is 0 Å². The van der Waals surface area contributed by atoms with Gasteiger partial charge in [0.15, 0.2) is 0 Å². The van der Waals surface area contributed by atoms with Gasteiger partial charge >= 0.3 is 7.12 Å². The summed E-state index contributed by atoms with van der Waals surface area (Å²) in [5.41, 5.74) is 5.69. The zero-order valence-electron chi connectivity index (χ0n) is 20.6. The summed E-state index contributed by atoms with van der Waals surface area (Å²) < 4.78 is 12.5. The van der Waals surface area contributed by atoms with Crippen LogP contribution in [0.25, 0.3) is 44.1 Å². The van der Waals surface area contributed by atoms with E-state index >= 15 is 0 Å². The molecule has 35 heavy (non-hydrogen) atoms. The Morgan fingerprint density at radius 1 is 0.657 bits per heavy atom. The van der Waals surface area contributed by atoms with Crippen molar-refractivity contribution in [3.8, 4) is 22.4 Å². The summed E-state index contributed by atoms with van der Waals surface area (Å²) in [7, 11) is -0.371. The molecule has 1 saturated heterocycles. The normalized spacial score (nSPS) is 16.7. The van der Waals surface area contributed by atoms with Crippen LogP contribution in [0.5, 0.6) is 0 Å². The highest BCUT2D eigenvalue weighted by Crippen LogP contribution is 2.38. The average Bonchev–Trinajstić information content (AvgIpc) is 3.10. The highest BCUT2D eigenvalue weighted by molar-refractivity contribution is 6.62. The van der Waals surface area contributed by atoms with Gasteiger partial charge in [0.05, 0.1) is 22.4 Å². The van der Waals surface area contributed by atoms with E-state index in [9.17, 15) is 0 Å². The van der Waals surface area contributed by atoms with Gasteiger partial charge in [-0.25, -0.2) is 4.98 Å². The maximum Gasteiger partial charge on any atom is 0.494 e. The number of aromatic nitrogens is 1. The van der Waals surface area contributed by atoms with Crippen molar-refractivity contribution in [1.82, 2.24) is 4.98 Å². The Kier molecular flexibility index (Phi) is 5.06. The van der Waals surface area contributed by atoms with Crippen LogP contribution in [0.4, 0.5) is 0 Å². The Morgan fingerprint density at radius 2 is 1.31 bits per heavy atom. The quantitative estimate of drug-likeness (QED) is 0.216. The van der Waals surface area contributed by atoms with Gasteiger partial charge in [-0.3, -0.25) is 0 Å². The number of hydrogen-bond acceptors (Lipinski definition) is 3. The largest absolute Gasteiger partial charge is 0.494 e. The van der Waals surface area contributed by atoms with Crippen LogP contribution in [0.1, 0.15) is 27.7 Å². The van der Waals surface area contributed by atoms with Crippen LogP contribution >= 0.6 is 0 Å². The van der Waals surface area contributed by atoms with Gasteiger partial charge in [0, 0.05) is 10.9 Å². The summed E-state index contributed by atoms with van der Waals surface area (Å²) in [5.74, 6) is 0. The molecule has 2 heterocycles. The van der Waals surface area contributed by atoms with E-state index in [-0.39, 0.29) is 18.3 Å². The van der Waals surface area contributed by atoms with E-state index in [1.807, 2.05) is 0 Å². The molecule has 6 rings (SSSR count). The van der Waals surface area contributed by atoms with Gasteiger partial charge in [0.25, 0.3) is 0 Å². The van der Waals surface area contributed by atoms with Crippen LogP contribution in [-0.2, 0) is 9.31 Å². The van der Waals surface area contributed by atoms with Crippen molar-refractivity contribution in [2.45, 2.75) is 38.9 Å². The molecule has 0 unspecified atom stereocenters. The summed E-state index contributed by atoms with van der Waals surface area (Å²) in [4.78, 5) is 5.09. The van der Waals surface area contributed by atoms with E-state index < -0.39 is 0 Å². The number of rotatable bonds is 3. The Hall–Kier alpha value is -3.47. The molecule has 1 aliphatic heterocycles. The molecule has 1 aliphatic rings. The van der Waals surface area contributed by atoms with Crippen molar-refractivity contribution in [1.29, 1.82) is 0 Å². The topological polar surface area (TPSA) is 31.4 Å². The SMILES string of the molecule is CC1(C)OB(c2ccc(-c3cc(-c4ccccc4)c4c(ccc5ccccc54)n3)cc2)OC1(C)C. The molecule has 5 aromatic rings. The molecule has 0 radical (unpaired) electrons. The molecule has 0 spiro atoms. The standard InChI is InChI=1S/C31H28BNO2/c1-30(2)31(3,4)35-32(34-30)24-17-14-23(15-18-24)28-20-26(21-10-6-5-7-11-21)29-25-13-9-8-12-22(25)16-19-27(29)33-28/h5-20H,1-4H3. The predicted molar refractivity (Wildman–Crippen MR) is 146 cm³/mol. The first-order valence-corrected chi connectivity index (χ1v) is 12.2. The summed E-state index contributed by atoms with van der Waals surface area (Å²) in [6.07, 6.45) is 0. The maximum atomic E-state index is 6.23. The van der Waals surface area contributed by atoms with E-state index in [0.29, 0.717) is 0 Å². The zero-order valence-corrected chi connectivity index (χ0v) is 20.6. The van der Waals surface area contributed by atoms with E-state index in [0.717, 1.165) is 22.2 Å². The van der Waals surface area contributed by atoms with Crippen molar-refractivity contribution in [2.24, 2.45) is 0 Å². The lowest BCUT2D eigenvalue weighted by Crippen LogP contribution is -2.41. The highest BCUT2D eigenvalue weighted by Gasteiger charge is 2.51. The first-order chi connectivity index (χ1) is 16.8. The molecule has 3 nitrogen and oxygen atoms in total. The molecule has 0 amide bonds. The van der Waals surface area contributed by atoms with Crippen molar-refractivity contribution in [3.05, 3.63) is 97.1 Å². The monoisotopic (exact) mass is 457 g/mol. The number of benzene rings is 4. The molecule has 1 fully saturated rings. The minimum Gasteiger partial charge on any atom is -0.399 e. The van der Waals surface area contributed by atoms with Crippen molar-refractivity contribution in [3.63, 3.8) is 0 Å². The Morgan fingerprint density at radius 3 is 2.03 bits per heavy atom. The first-order valence-electron chi connectivity index (χ1n) is 12.2. The van der Waals surface area contributed by atoms with Crippen LogP contribution in [0.15, 0.2) is 97.1 Å². The van der Waals surface area contributed by atoms with Crippen LogP contribution in [0.3, 0.4) is 0 Å². The van der Waals surface area contributed by atoms with Crippen molar-refractivity contribution in [2.75, 3.05) is 0 Å². The second kappa shape index (κ2) is 8.05. The molecule has 4 aromatic carbocycles. The summed E-state index contributed by atoms with van der Waals surface area (Å²) in [5, 5.41) is 3.63. The van der Waals surface area contributed by atoms with Gasteiger partial charge in [-0.2, -0.15) is 0 Å². The predicted octanol–water partition coefficient (Wildman–Crippen LogP) is 7.02. The third-order valence-corrected chi connectivity index (χ3v) is 7.51. The lowest BCUT2D eigenvalue weighted by atomic mass is 9.78. The number of pyridine rings is 1. The fourth-order valence-electron chi connectivity index (χ4n) is 4.79. The van der Waals surface area contributed by atoms with Crippen LogP contribution in [-0.4, -0.2) is 23.3 Å². The summed E-state index contributed by atoms with van der Waals surface area (Å²) in [6, 6.07) is 34.0. The maximum absolute atomic E-state index is 6.23. The third-order valence-electron chi connectivity index (χ3n) is 7.51. The third kappa shape index (κ3) is 3.74. The Labute approximate surface area is 206 Å². The van der Waals surface area contributed by atoms with Crippen LogP contribution in [0.2, 0.25) is 0 Å². The molecule has 0 atom stereocenters. The molecule has 1 aromatic heterocycles. The molecule has 4 heteroatoms. The molecular weight excluding hydrogens is 429 g/mol. The highest BCUT2D eigenvalue weighted by atomic mass is 16.7. The number of nitrogens with zero attached hydrogens (tertiary/aromatic N) is 1. The minimum atomic E-state index is -0.371. The Bertz CT molecular complexity index is 1530. The number of fused-ring (bicyclic) bond motifs is 3. The van der Waals surface area contributed by atoms with Crippen molar-refractivity contribution >= 4 is 34.3 Å². The smallest absolute Gasteiger partial charge is 0.399 e. The zero-order chi connectivity index (χ0) is 24.2. The second-order valence-corrected chi connectivity index (χ2v) is 10.3. The van der Waals surface area contributed by atoms with E-state index in [2.05, 4.69) is 125 Å². The van der Waals surface area contributed by atoms with Gasteiger partial charge in [-0.1, -0.05) is 84.9 Å². The molecule has 172 valence electrons. The van der Waals surface area contributed by atoms with Gasteiger partial charge in [-0.05, 0) is 67.2 Å². The summed E-state index contributed by atoms with van der Waals surface area (Å²) in [6.45, 7) is 8.31. The number of hydrogen-bond donors (Lipinski definition) is 0. The van der Waals surface area contributed by atoms with Gasteiger partial charge in [-0.15, -0.1) is 0 Å². The lowest BCUT2D eigenvalue weighted by molar-refractivity contribution is 0.00578.